The van der Waals surface area contributed by atoms with Gasteiger partial charge in [-0.25, -0.2) is 4.98 Å². The van der Waals surface area contributed by atoms with Gasteiger partial charge < -0.3 is 4.90 Å². The molecule has 2 aromatic carbocycles. The number of fused-ring (bicyclic) bond motifs is 1. The first-order valence-electron chi connectivity index (χ1n) is 8.58. The lowest BCUT2D eigenvalue weighted by Crippen LogP contribution is -2.34. The first-order valence-corrected chi connectivity index (χ1v) is 9.77. The van der Waals surface area contributed by atoms with E-state index >= 15 is 0 Å². The number of amides is 1. The van der Waals surface area contributed by atoms with E-state index in [1.165, 1.54) is 11.3 Å². The molecule has 3 aromatic rings. The van der Waals surface area contributed by atoms with Gasteiger partial charge in [0.25, 0.3) is 0 Å². The van der Waals surface area contributed by atoms with Crippen LogP contribution in [-0.4, -0.2) is 43.0 Å². The summed E-state index contributed by atoms with van der Waals surface area (Å²) < 4.78 is 0.998. The zero-order chi connectivity index (χ0) is 18.5. The first kappa shape index (κ1) is 21.6. The van der Waals surface area contributed by atoms with Gasteiger partial charge in [0, 0.05) is 11.6 Å². The summed E-state index contributed by atoms with van der Waals surface area (Å²) in [6.07, 6.45) is 1.27. The number of carbonyl (C=O) groups excluding carboxylic acids is 1. The summed E-state index contributed by atoms with van der Waals surface area (Å²) in [6.45, 7) is 1.57. The Labute approximate surface area is 175 Å². The van der Waals surface area contributed by atoms with Crippen LogP contribution in [0.15, 0.2) is 48.5 Å². The first-order chi connectivity index (χ1) is 12.5. The van der Waals surface area contributed by atoms with Gasteiger partial charge in [-0.2, -0.15) is 0 Å². The molecule has 0 atom stereocenters. The molecule has 0 saturated carbocycles. The summed E-state index contributed by atoms with van der Waals surface area (Å²) >= 11 is 7.60. The quantitative estimate of drug-likeness (QED) is 0.542. The third-order valence-corrected chi connectivity index (χ3v) is 5.33. The number of halogens is 2. The van der Waals surface area contributed by atoms with Gasteiger partial charge in [-0.1, -0.05) is 53.3 Å². The number of hydrogen-bond acceptors (Lipinski definition) is 4. The van der Waals surface area contributed by atoms with Gasteiger partial charge >= 0.3 is 0 Å². The molecule has 1 amide bonds. The van der Waals surface area contributed by atoms with E-state index in [2.05, 4.69) is 9.88 Å². The highest BCUT2D eigenvalue weighted by atomic mass is 35.5. The Hall–Kier alpha value is -1.66. The van der Waals surface area contributed by atoms with Crippen molar-refractivity contribution in [2.24, 2.45) is 0 Å². The number of rotatable bonds is 7. The largest absolute Gasteiger partial charge is 0.309 e. The minimum atomic E-state index is 0. The molecule has 3 rings (SSSR count). The Morgan fingerprint density at radius 1 is 1.11 bits per heavy atom. The van der Waals surface area contributed by atoms with Crippen molar-refractivity contribution in [3.8, 4) is 0 Å². The minimum Gasteiger partial charge on any atom is -0.309 e. The van der Waals surface area contributed by atoms with Crippen molar-refractivity contribution in [2.45, 2.75) is 12.8 Å². The SMILES string of the molecule is CN(C)CCCN(C(=O)Cc1ccccc1)c1nc2ccc(Cl)cc2s1.Cl. The molecule has 0 aliphatic carbocycles. The number of nitrogens with zero attached hydrogens (tertiary/aromatic N) is 3. The average Bonchev–Trinajstić information content (AvgIpc) is 3.01. The van der Waals surface area contributed by atoms with Crippen LogP contribution in [0.2, 0.25) is 5.02 Å². The molecule has 27 heavy (non-hydrogen) atoms. The fourth-order valence-electron chi connectivity index (χ4n) is 2.74. The van der Waals surface area contributed by atoms with Crippen molar-refractivity contribution in [2.75, 3.05) is 32.1 Å². The van der Waals surface area contributed by atoms with E-state index in [1.807, 2.05) is 67.5 Å². The fourth-order valence-corrected chi connectivity index (χ4v) is 4.02. The second-order valence-electron chi connectivity index (χ2n) is 6.47. The average molecular weight is 424 g/mol. The van der Waals surface area contributed by atoms with Gasteiger partial charge in [-0.3, -0.25) is 9.69 Å². The van der Waals surface area contributed by atoms with Crippen LogP contribution in [0.1, 0.15) is 12.0 Å². The zero-order valence-electron chi connectivity index (χ0n) is 15.4. The lowest BCUT2D eigenvalue weighted by molar-refractivity contribution is -0.118. The normalized spacial score (nSPS) is 10.8. The van der Waals surface area contributed by atoms with Crippen LogP contribution in [0.4, 0.5) is 5.13 Å². The molecular weight excluding hydrogens is 401 g/mol. The molecule has 0 N–H and O–H groups in total. The van der Waals surface area contributed by atoms with Crippen molar-refractivity contribution < 1.29 is 4.79 Å². The van der Waals surface area contributed by atoms with Gasteiger partial charge in [0.1, 0.15) is 0 Å². The van der Waals surface area contributed by atoms with Gasteiger partial charge in [0.05, 0.1) is 16.6 Å². The van der Waals surface area contributed by atoms with Gasteiger partial charge in [0.2, 0.25) is 5.91 Å². The van der Waals surface area contributed by atoms with Crippen LogP contribution in [0, 0.1) is 0 Å². The lowest BCUT2D eigenvalue weighted by Gasteiger charge is -2.21. The molecule has 0 aliphatic heterocycles. The van der Waals surface area contributed by atoms with Crippen molar-refractivity contribution in [1.82, 2.24) is 9.88 Å². The molecule has 0 spiro atoms. The van der Waals surface area contributed by atoms with Crippen molar-refractivity contribution >= 4 is 56.6 Å². The van der Waals surface area contributed by atoms with E-state index in [4.69, 9.17) is 11.6 Å². The summed E-state index contributed by atoms with van der Waals surface area (Å²) in [5.41, 5.74) is 1.89. The summed E-state index contributed by atoms with van der Waals surface area (Å²) in [5.74, 6) is 0.0695. The monoisotopic (exact) mass is 423 g/mol. The smallest absolute Gasteiger partial charge is 0.233 e. The van der Waals surface area contributed by atoms with Gasteiger partial charge in [0.15, 0.2) is 5.13 Å². The third kappa shape index (κ3) is 5.91. The maximum Gasteiger partial charge on any atom is 0.233 e. The van der Waals surface area contributed by atoms with Gasteiger partial charge in [-0.05, 0) is 50.8 Å². The molecule has 144 valence electrons. The summed E-state index contributed by atoms with van der Waals surface area (Å²) in [7, 11) is 4.08. The molecule has 1 aromatic heterocycles. The summed E-state index contributed by atoms with van der Waals surface area (Å²) in [6, 6.07) is 15.5. The number of benzene rings is 2. The summed E-state index contributed by atoms with van der Waals surface area (Å²) in [4.78, 5) is 21.6. The Kier molecular flexibility index (Phi) is 8.05. The minimum absolute atomic E-state index is 0. The molecule has 1 heterocycles. The molecule has 7 heteroatoms. The third-order valence-electron chi connectivity index (χ3n) is 4.06. The van der Waals surface area contributed by atoms with Crippen molar-refractivity contribution in [3.05, 3.63) is 59.1 Å². The number of hydrogen-bond donors (Lipinski definition) is 0. The molecule has 0 aliphatic rings. The van der Waals surface area contributed by atoms with E-state index in [0.717, 1.165) is 33.9 Å². The second-order valence-corrected chi connectivity index (χ2v) is 7.92. The number of anilines is 1. The molecule has 0 radical (unpaired) electrons. The number of thiazole rings is 1. The molecule has 0 bridgehead atoms. The number of carbonyl (C=O) groups is 1. The molecule has 0 unspecified atom stereocenters. The Morgan fingerprint density at radius 3 is 2.56 bits per heavy atom. The van der Waals surface area contributed by atoms with Crippen LogP contribution in [0.3, 0.4) is 0 Å². The maximum absolute atomic E-state index is 13.0. The van der Waals surface area contributed by atoms with Crippen LogP contribution >= 0.6 is 35.3 Å². The second kappa shape index (κ2) is 10.0. The van der Waals surface area contributed by atoms with Crippen LogP contribution < -0.4 is 4.90 Å². The van der Waals surface area contributed by atoms with E-state index in [9.17, 15) is 4.79 Å². The lowest BCUT2D eigenvalue weighted by atomic mass is 10.1. The van der Waals surface area contributed by atoms with Crippen LogP contribution in [0.5, 0.6) is 0 Å². The topological polar surface area (TPSA) is 36.4 Å². The standard InChI is InChI=1S/C20H22ClN3OS.ClH/c1-23(2)11-6-12-24(19(25)13-15-7-4-3-5-8-15)20-22-17-10-9-16(21)14-18(17)26-20;/h3-5,7-10,14H,6,11-13H2,1-2H3;1H. The van der Waals surface area contributed by atoms with E-state index in [0.29, 0.717) is 18.0 Å². The highest BCUT2D eigenvalue weighted by Gasteiger charge is 2.20. The Morgan fingerprint density at radius 2 is 1.85 bits per heavy atom. The van der Waals surface area contributed by atoms with Crippen molar-refractivity contribution in [1.29, 1.82) is 0 Å². The Bertz CT molecular complexity index is 883. The van der Waals surface area contributed by atoms with Crippen molar-refractivity contribution in [3.63, 3.8) is 0 Å². The fraction of sp³-hybridized carbons (Fsp3) is 0.300. The highest BCUT2D eigenvalue weighted by Crippen LogP contribution is 2.31. The van der Waals surface area contributed by atoms with E-state index in [-0.39, 0.29) is 18.3 Å². The molecule has 0 fully saturated rings. The number of aromatic nitrogens is 1. The molecular formula is C20H23Cl2N3OS. The predicted octanol–water partition coefficient (Wildman–Crippen LogP) is 4.90. The van der Waals surface area contributed by atoms with E-state index < -0.39 is 0 Å². The molecule has 0 saturated heterocycles. The van der Waals surface area contributed by atoms with Gasteiger partial charge in [-0.15, -0.1) is 12.4 Å². The van der Waals surface area contributed by atoms with Crippen LogP contribution in [0.25, 0.3) is 10.2 Å². The maximum atomic E-state index is 13.0. The summed E-state index contributed by atoms with van der Waals surface area (Å²) in [5, 5.41) is 1.42. The molecule has 4 nitrogen and oxygen atoms in total. The van der Waals surface area contributed by atoms with Crippen LogP contribution in [-0.2, 0) is 11.2 Å². The Balaban J connectivity index is 0.00000261. The van der Waals surface area contributed by atoms with E-state index in [1.54, 1.807) is 0 Å². The predicted molar refractivity (Wildman–Crippen MR) is 118 cm³/mol. The highest BCUT2D eigenvalue weighted by molar-refractivity contribution is 7.22. The zero-order valence-corrected chi connectivity index (χ0v) is 17.8.